The van der Waals surface area contributed by atoms with Crippen LogP contribution in [0.2, 0.25) is 0 Å². The molecule has 5 aromatic rings. The molecule has 11 nitrogen and oxygen atoms in total. The van der Waals surface area contributed by atoms with Crippen LogP contribution in [0, 0.1) is 11.3 Å². The average molecular weight is 523 g/mol. The summed E-state index contributed by atoms with van der Waals surface area (Å²) in [6.07, 6.45) is 4.02. The molecular formula is C28H26N8O3. The Morgan fingerprint density at radius 3 is 2.77 bits per heavy atom. The molecule has 0 aliphatic carbocycles. The van der Waals surface area contributed by atoms with Crippen molar-refractivity contribution in [3.05, 3.63) is 76.6 Å². The molecule has 0 bridgehead atoms. The van der Waals surface area contributed by atoms with Crippen LogP contribution in [0.3, 0.4) is 0 Å². The molecule has 0 spiro atoms. The number of morpholine rings is 1. The number of fused-ring (bicyclic) bond motifs is 3. The number of hydrogen-bond acceptors (Lipinski definition) is 8. The minimum absolute atomic E-state index is 0.117. The smallest absolute Gasteiger partial charge is 0.330 e. The predicted molar refractivity (Wildman–Crippen MR) is 143 cm³/mol. The fourth-order valence-electron chi connectivity index (χ4n) is 5.56. The van der Waals surface area contributed by atoms with E-state index < -0.39 is 0 Å². The Morgan fingerprint density at radius 2 is 1.90 bits per heavy atom. The minimum atomic E-state index is -0.220. The van der Waals surface area contributed by atoms with Crippen LogP contribution in [-0.4, -0.2) is 73.0 Å². The van der Waals surface area contributed by atoms with Gasteiger partial charge in [0.05, 0.1) is 54.7 Å². The number of nitrogens with zero attached hydrogens (tertiary/aromatic N) is 8. The third kappa shape index (κ3) is 4.05. The first-order chi connectivity index (χ1) is 19.2. The highest BCUT2D eigenvalue weighted by molar-refractivity contribution is 5.79. The molecule has 1 saturated heterocycles. The van der Waals surface area contributed by atoms with E-state index in [1.165, 1.54) is 0 Å². The van der Waals surface area contributed by atoms with E-state index >= 15 is 0 Å². The molecular weight excluding hydrogens is 496 g/mol. The van der Waals surface area contributed by atoms with Crippen LogP contribution in [0.5, 0.6) is 5.75 Å². The molecule has 0 saturated carbocycles. The van der Waals surface area contributed by atoms with E-state index in [9.17, 15) is 10.1 Å². The molecule has 7 rings (SSSR count). The molecule has 0 N–H and O–H groups in total. The zero-order valence-electron chi connectivity index (χ0n) is 21.2. The summed E-state index contributed by atoms with van der Waals surface area (Å²) in [6, 6.07) is 15.1. The standard InChI is InChI=1S/C28H26N8O3/c29-16-19-5-6-21-23(15-19)35(18-31-21)27-30-17-24-26(32-27)36(22-7-12-39-25-4-2-1-3-20(22)25)28(37)34(24)9-8-33-10-13-38-14-11-33/h1-6,15,17-18,22H,7-14H2/t22-/m1/s1. The van der Waals surface area contributed by atoms with Crippen molar-refractivity contribution in [3.63, 3.8) is 0 Å². The van der Waals surface area contributed by atoms with Gasteiger partial charge in [-0.1, -0.05) is 18.2 Å². The lowest BCUT2D eigenvalue weighted by atomic mass is 10.0. The largest absolute Gasteiger partial charge is 0.493 e. The van der Waals surface area contributed by atoms with Crippen LogP contribution >= 0.6 is 0 Å². The zero-order valence-corrected chi connectivity index (χ0v) is 21.2. The van der Waals surface area contributed by atoms with Crippen LogP contribution < -0.4 is 10.4 Å². The molecule has 0 unspecified atom stereocenters. The first kappa shape index (κ1) is 23.6. The molecule has 11 heteroatoms. The van der Waals surface area contributed by atoms with Crippen molar-refractivity contribution in [2.45, 2.75) is 19.0 Å². The van der Waals surface area contributed by atoms with Gasteiger partial charge in [-0.15, -0.1) is 0 Å². The van der Waals surface area contributed by atoms with E-state index in [4.69, 9.17) is 14.5 Å². The van der Waals surface area contributed by atoms with Crippen molar-refractivity contribution >= 4 is 22.2 Å². The maximum Gasteiger partial charge on any atom is 0.330 e. The number of nitriles is 1. The quantitative estimate of drug-likeness (QED) is 0.346. The van der Waals surface area contributed by atoms with Gasteiger partial charge in [-0.2, -0.15) is 10.2 Å². The van der Waals surface area contributed by atoms with Crippen molar-refractivity contribution in [2.75, 3.05) is 39.5 Å². The van der Waals surface area contributed by atoms with E-state index in [1.807, 2.05) is 24.3 Å². The average Bonchev–Trinajstić information content (AvgIpc) is 3.53. The lowest BCUT2D eigenvalue weighted by Crippen LogP contribution is -2.39. The molecule has 5 heterocycles. The monoisotopic (exact) mass is 522 g/mol. The summed E-state index contributed by atoms with van der Waals surface area (Å²) in [5, 5.41) is 9.40. The minimum Gasteiger partial charge on any atom is -0.493 e. The van der Waals surface area contributed by atoms with Gasteiger partial charge in [-0.25, -0.2) is 14.8 Å². The molecule has 0 radical (unpaired) electrons. The van der Waals surface area contributed by atoms with E-state index in [2.05, 4.69) is 20.9 Å². The summed E-state index contributed by atoms with van der Waals surface area (Å²) >= 11 is 0. The zero-order chi connectivity index (χ0) is 26.3. The Balaban J connectivity index is 1.39. The third-order valence-electron chi connectivity index (χ3n) is 7.57. The van der Waals surface area contributed by atoms with E-state index in [0.717, 1.165) is 42.0 Å². The number of rotatable bonds is 5. The Bertz CT molecular complexity index is 1790. The first-order valence-corrected chi connectivity index (χ1v) is 13.1. The predicted octanol–water partition coefficient (Wildman–Crippen LogP) is 2.51. The van der Waals surface area contributed by atoms with Gasteiger partial charge in [0.1, 0.15) is 17.6 Å². The Morgan fingerprint density at radius 1 is 1.03 bits per heavy atom. The van der Waals surface area contributed by atoms with E-state index in [1.54, 1.807) is 44.4 Å². The molecule has 1 atom stereocenters. The third-order valence-corrected chi connectivity index (χ3v) is 7.57. The molecule has 196 valence electrons. The second kappa shape index (κ2) is 9.65. The molecule has 2 aromatic carbocycles. The lowest BCUT2D eigenvalue weighted by molar-refractivity contribution is 0.0364. The van der Waals surface area contributed by atoms with Gasteiger partial charge in [-0.3, -0.25) is 18.6 Å². The highest BCUT2D eigenvalue weighted by Crippen LogP contribution is 2.35. The highest BCUT2D eigenvalue weighted by atomic mass is 16.5. The summed E-state index contributed by atoms with van der Waals surface area (Å²) in [7, 11) is 0. The molecule has 2 aliphatic rings. The lowest BCUT2D eigenvalue weighted by Gasteiger charge is -2.27. The Labute approximate surface area is 223 Å². The second-order valence-electron chi connectivity index (χ2n) is 9.76. The van der Waals surface area contributed by atoms with Crippen molar-refractivity contribution in [1.82, 2.24) is 33.6 Å². The number of hydrogen-bond donors (Lipinski definition) is 0. The van der Waals surface area contributed by atoms with E-state index in [0.29, 0.717) is 55.5 Å². The van der Waals surface area contributed by atoms with Gasteiger partial charge in [0.25, 0.3) is 0 Å². The fraction of sp³-hybridized carbons (Fsp3) is 0.321. The maximum absolute atomic E-state index is 14.1. The van der Waals surface area contributed by atoms with Crippen LogP contribution in [0.1, 0.15) is 23.6 Å². The SMILES string of the molecule is N#Cc1ccc2ncn(-c3ncc4c(n3)n([C@@H]3CCOc5ccccc53)c(=O)n4CCN3CCOCC3)c2c1. The molecule has 39 heavy (non-hydrogen) atoms. The van der Waals surface area contributed by atoms with Crippen molar-refractivity contribution in [3.8, 4) is 17.8 Å². The summed E-state index contributed by atoms with van der Waals surface area (Å²) in [5.74, 6) is 1.17. The van der Waals surface area contributed by atoms with Gasteiger partial charge < -0.3 is 9.47 Å². The van der Waals surface area contributed by atoms with Gasteiger partial charge in [-0.05, 0) is 24.3 Å². The van der Waals surface area contributed by atoms with Crippen molar-refractivity contribution in [2.24, 2.45) is 0 Å². The Kier molecular flexibility index (Phi) is 5.83. The summed E-state index contributed by atoms with van der Waals surface area (Å²) in [6.45, 7) is 4.87. The fourth-order valence-corrected chi connectivity index (χ4v) is 5.56. The maximum atomic E-state index is 14.1. The van der Waals surface area contributed by atoms with Crippen LogP contribution in [-0.2, 0) is 11.3 Å². The summed E-state index contributed by atoms with van der Waals surface area (Å²) < 4.78 is 16.7. The van der Waals surface area contributed by atoms with Gasteiger partial charge >= 0.3 is 5.69 Å². The van der Waals surface area contributed by atoms with Crippen molar-refractivity contribution < 1.29 is 9.47 Å². The second-order valence-corrected chi connectivity index (χ2v) is 9.76. The van der Waals surface area contributed by atoms with E-state index in [-0.39, 0.29) is 11.7 Å². The van der Waals surface area contributed by atoms with Gasteiger partial charge in [0.2, 0.25) is 5.95 Å². The van der Waals surface area contributed by atoms with Gasteiger partial charge in [0, 0.05) is 38.2 Å². The van der Waals surface area contributed by atoms with Crippen LogP contribution in [0.25, 0.3) is 28.1 Å². The highest BCUT2D eigenvalue weighted by Gasteiger charge is 2.29. The van der Waals surface area contributed by atoms with Crippen LogP contribution in [0.15, 0.2) is 59.8 Å². The normalized spacial score (nSPS) is 17.7. The molecule has 3 aromatic heterocycles. The number of benzene rings is 2. The number of imidazole rings is 2. The summed E-state index contributed by atoms with van der Waals surface area (Å²) in [4.78, 5) is 30.5. The summed E-state index contributed by atoms with van der Waals surface area (Å²) in [5.41, 5.74) is 4.08. The van der Waals surface area contributed by atoms with Crippen LogP contribution in [0.4, 0.5) is 0 Å². The number of para-hydroxylation sites is 1. The topological polar surface area (TPSA) is 116 Å². The van der Waals surface area contributed by atoms with Gasteiger partial charge in [0.15, 0.2) is 5.65 Å². The first-order valence-electron chi connectivity index (χ1n) is 13.1. The molecule has 2 aliphatic heterocycles. The molecule has 0 amide bonds. The number of ether oxygens (including phenoxy) is 2. The van der Waals surface area contributed by atoms with Crippen molar-refractivity contribution in [1.29, 1.82) is 5.26 Å². The number of aromatic nitrogens is 6. The Hall–Kier alpha value is -4.53. The molecule has 1 fully saturated rings.